The van der Waals surface area contributed by atoms with E-state index in [0.717, 1.165) is 5.52 Å². The zero-order valence-corrected chi connectivity index (χ0v) is 16.2. The van der Waals surface area contributed by atoms with Gasteiger partial charge in [0.1, 0.15) is 10.0 Å². The Bertz CT molecular complexity index is 834. The van der Waals surface area contributed by atoms with Crippen molar-refractivity contribution in [2.45, 2.75) is 13.8 Å². The summed E-state index contributed by atoms with van der Waals surface area (Å²) in [7, 11) is 0. The van der Waals surface area contributed by atoms with Gasteiger partial charge in [-0.1, -0.05) is 37.0 Å². The van der Waals surface area contributed by atoms with Crippen molar-refractivity contribution >= 4 is 46.4 Å². The number of carbonyl (C=O) groups excluding carboxylic acids is 1. The van der Waals surface area contributed by atoms with E-state index >= 15 is 0 Å². The maximum Gasteiger partial charge on any atom is 0.299 e. The Hall–Kier alpha value is -1.79. The number of carbonyl (C=O) groups is 1. The minimum Gasteiger partial charge on any atom is -0.404 e. The van der Waals surface area contributed by atoms with E-state index in [0.29, 0.717) is 37.9 Å². The molecule has 6 nitrogen and oxygen atoms in total. The van der Waals surface area contributed by atoms with Gasteiger partial charge in [-0.05, 0) is 29.5 Å². The summed E-state index contributed by atoms with van der Waals surface area (Å²) in [5.74, 6) is 0.209. The lowest BCUT2D eigenvalue weighted by molar-refractivity contribution is -0.133. The molecule has 2 aliphatic rings. The average molecular weight is 395 g/mol. The van der Waals surface area contributed by atoms with E-state index in [4.69, 9.17) is 27.6 Å². The molecular formula is C18H20Cl2N4O2. The highest BCUT2D eigenvalue weighted by molar-refractivity contribution is 6.55. The number of aromatic nitrogens is 2. The van der Waals surface area contributed by atoms with E-state index in [2.05, 4.69) is 28.7 Å². The molecule has 0 radical (unpaired) electrons. The van der Waals surface area contributed by atoms with Crippen LogP contribution in [-0.4, -0.2) is 47.0 Å². The van der Waals surface area contributed by atoms with Crippen LogP contribution in [0.3, 0.4) is 0 Å². The van der Waals surface area contributed by atoms with Gasteiger partial charge in [-0.15, -0.1) is 0 Å². The number of oxazole rings is 1. The van der Waals surface area contributed by atoms with Crippen molar-refractivity contribution < 1.29 is 9.21 Å². The zero-order valence-electron chi connectivity index (χ0n) is 14.7. The number of rotatable bonds is 3. The molecule has 1 amide bonds. The first-order chi connectivity index (χ1) is 12.4. The van der Waals surface area contributed by atoms with Crippen molar-refractivity contribution in [3.05, 3.63) is 28.9 Å². The van der Waals surface area contributed by atoms with Gasteiger partial charge in [-0.2, -0.15) is 4.98 Å². The Morgan fingerprint density at radius 1 is 1.31 bits per heavy atom. The summed E-state index contributed by atoms with van der Waals surface area (Å²) in [4.78, 5) is 25.5. The molecule has 3 heterocycles. The van der Waals surface area contributed by atoms with Crippen LogP contribution in [0.5, 0.6) is 0 Å². The molecule has 8 heteroatoms. The standard InChI is InChI=1S/C18H20Cl2N4O2/c1-18(2)11(10-13(19)20)14(18)16(25)23-6-8-24(9-7-23)17-22-12-4-3-5-21-15(12)26-17/h3-5,10-11,14H,6-9H2,1-2H3/t11-,14+/m0/s1. The van der Waals surface area contributed by atoms with Gasteiger partial charge in [0.2, 0.25) is 11.6 Å². The highest BCUT2D eigenvalue weighted by Crippen LogP contribution is 2.60. The first-order valence-electron chi connectivity index (χ1n) is 8.66. The number of allylic oxidation sites excluding steroid dienone is 1. The fourth-order valence-corrected chi connectivity index (χ4v) is 4.08. The smallest absolute Gasteiger partial charge is 0.299 e. The molecule has 1 saturated heterocycles. The molecule has 2 aromatic heterocycles. The molecule has 2 atom stereocenters. The molecule has 0 spiro atoms. The number of hydrogen-bond donors (Lipinski definition) is 0. The maximum absolute atomic E-state index is 12.9. The highest BCUT2D eigenvalue weighted by atomic mass is 35.5. The third-order valence-electron chi connectivity index (χ3n) is 5.50. The maximum atomic E-state index is 12.9. The number of hydrogen-bond acceptors (Lipinski definition) is 5. The predicted molar refractivity (Wildman–Crippen MR) is 101 cm³/mol. The number of piperazine rings is 1. The van der Waals surface area contributed by atoms with Crippen LogP contribution in [0.15, 0.2) is 33.3 Å². The first kappa shape index (κ1) is 17.6. The zero-order chi connectivity index (χ0) is 18.5. The van der Waals surface area contributed by atoms with Gasteiger partial charge in [-0.3, -0.25) is 4.79 Å². The van der Waals surface area contributed by atoms with E-state index in [1.54, 1.807) is 12.3 Å². The Labute approximate surface area is 161 Å². The third-order valence-corrected chi connectivity index (χ3v) is 5.75. The average Bonchev–Trinajstić information content (AvgIpc) is 2.96. The van der Waals surface area contributed by atoms with Crippen LogP contribution in [0.2, 0.25) is 0 Å². The number of pyridine rings is 1. The normalized spacial score (nSPS) is 24.6. The number of amides is 1. The highest BCUT2D eigenvalue weighted by Gasteiger charge is 2.61. The second-order valence-electron chi connectivity index (χ2n) is 7.42. The molecule has 0 bridgehead atoms. The lowest BCUT2D eigenvalue weighted by Gasteiger charge is -2.34. The lowest BCUT2D eigenvalue weighted by Crippen LogP contribution is -2.49. The molecule has 1 aliphatic carbocycles. The van der Waals surface area contributed by atoms with Crippen molar-refractivity contribution in [2.75, 3.05) is 31.1 Å². The van der Waals surface area contributed by atoms with Crippen molar-refractivity contribution in [3.63, 3.8) is 0 Å². The van der Waals surface area contributed by atoms with E-state index in [-0.39, 0.29) is 27.6 Å². The molecular weight excluding hydrogens is 375 g/mol. The molecule has 1 aliphatic heterocycles. The SMILES string of the molecule is CC1(C)[C@@H](C=C(Cl)Cl)[C@@H]1C(=O)N1CCN(c2nc3cccnc3o2)CC1. The number of nitrogens with zero attached hydrogens (tertiary/aromatic N) is 4. The molecule has 26 heavy (non-hydrogen) atoms. The van der Waals surface area contributed by atoms with Crippen molar-refractivity contribution in [3.8, 4) is 0 Å². The van der Waals surface area contributed by atoms with Gasteiger partial charge < -0.3 is 14.2 Å². The minimum absolute atomic E-state index is 0.0601. The van der Waals surface area contributed by atoms with Crippen LogP contribution >= 0.6 is 23.2 Å². The third kappa shape index (κ3) is 3.05. The van der Waals surface area contributed by atoms with Gasteiger partial charge in [0.25, 0.3) is 6.01 Å². The Morgan fingerprint density at radius 3 is 2.69 bits per heavy atom. The fraction of sp³-hybridized carbons (Fsp3) is 0.500. The molecule has 2 aromatic rings. The summed E-state index contributed by atoms with van der Waals surface area (Å²) in [5, 5.41) is 0. The summed E-state index contributed by atoms with van der Waals surface area (Å²) >= 11 is 11.6. The van der Waals surface area contributed by atoms with Crippen molar-refractivity contribution in [2.24, 2.45) is 17.3 Å². The molecule has 0 aromatic carbocycles. The second kappa shape index (κ2) is 6.43. The van der Waals surface area contributed by atoms with Gasteiger partial charge in [0.05, 0.1) is 5.92 Å². The Morgan fingerprint density at radius 2 is 2.04 bits per heavy atom. The van der Waals surface area contributed by atoms with Crippen LogP contribution in [0.25, 0.3) is 11.2 Å². The van der Waals surface area contributed by atoms with E-state index < -0.39 is 0 Å². The monoisotopic (exact) mass is 394 g/mol. The van der Waals surface area contributed by atoms with Crippen LogP contribution in [0.1, 0.15) is 13.8 Å². The summed E-state index contributed by atoms with van der Waals surface area (Å²) in [6.07, 6.45) is 3.47. The summed E-state index contributed by atoms with van der Waals surface area (Å²) in [6, 6.07) is 4.27. The fourth-order valence-electron chi connectivity index (χ4n) is 3.80. The number of halogens is 2. The molecule has 1 saturated carbocycles. The largest absolute Gasteiger partial charge is 0.404 e. The minimum atomic E-state index is -0.102. The van der Waals surface area contributed by atoms with Crippen LogP contribution in [0.4, 0.5) is 6.01 Å². The molecule has 138 valence electrons. The lowest BCUT2D eigenvalue weighted by atomic mass is 10.1. The molecule has 2 fully saturated rings. The summed E-state index contributed by atoms with van der Waals surface area (Å²) in [5.41, 5.74) is 1.18. The van der Waals surface area contributed by atoms with Crippen LogP contribution in [-0.2, 0) is 4.79 Å². The number of anilines is 1. The Kier molecular flexibility index (Phi) is 4.35. The topological polar surface area (TPSA) is 62.5 Å². The van der Waals surface area contributed by atoms with Gasteiger partial charge in [0.15, 0.2) is 0 Å². The molecule has 0 unspecified atom stereocenters. The van der Waals surface area contributed by atoms with Crippen LogP contribution < -0.4 is 4.90 Å². The molecule has 0 N–H and O–H groups in total. The van der Waals surface area contributed by atoms with E-state index in [1.165, 1.54) is 0 Å². The van der Waals surface area contributed by atoms with Crippen LogP contribution in [0, 0.1) is 17.3 Å². The number of fused-ring (bicyclic) bond motifs is 1. The van der Waals surface area contributed by atoms with Crippen molar-refractivity contribution in [1.82, 2.24) is 14.9 Å². The Balaban J connectivity index is 1.40. The van der Waals surface area contributed by atoms with E-state index in [1.807, 2.05) is 17.0 Å². The first-order valence-corrected chi connectivity index (χ1v) is 9.41. The second-order valence-corrected chi connectivity index (χ2v) is 8.43. The summed E-state index contributed by atoms with van der Waals surface area (Å²) in [6.45, 7) is 6.81. The summed E-state index contributed by atoms with van der Waals surface area (Å²) < 4.78 is 5.95. The van der Waals surface area contributed by atoms with Crippen molar-refractivity contribution in [1.29, 1.82) is 0 Å². The van der Waals surface area contributed by atoms with Gasteiger partial charge in [0, 0.05) is 32.4 Å². The van der Waals surface area contributed by atoms with E-state index in [9.17, 15) is 4.79 Å². The van der Waals surface area contributed by atoms with Gasteiger partial charge >= 0.3 is 0 Å². The molecule has 4 rings (SSSR count). The quantitative estimate of drug-likeness (QED) is 0.797. The van der Waals surface area contributed by atoms with Gasteiger partial charge in [-0.25, -0.2) is 4.98 Å². The predicted octanol–water partition coefficient (Wildman–Crippen LogP) is 3.46.